The second-order valence-electron chi connectivity index (χ2n) is 4.78. The fourth-order valence-electron chi connectivity index (χ4n) is 1.25. The van der Waals surface area contributed by atoms with Crippen LogP contribution >= 0.6 is 7.81 Å². The van der Waals surface area contributed by atoms with E-state index in [1.54, 1.807) is 0 Å². The van der Waals surface area contributed by atoms with Crippen molar-refractivity contribution in [3.8, 4) is 0 Å². The maximum absolute atomic E-state index is 10.7. The standard InChI is InChI=1S/C11H21N2.F6P/c1-10(8-12(3)4)7-11(2)9-13(5)6;1-7(2,3,4,5)6/h7-9H,1-6H3;/q+1;-1. The van der Waals surface area contributed by atoms with Crippen LogP contribution in [0, 0.1) is 0 Å². The molecule has 20 heavy (non-hydrogen) atoms. The minimum atomic E-state index is -10.7. The maximum atomic E-state index is 9.87. The summed E-state index contributed by atoms with van der Waals surface area (Å²) >= 11 is 0. The summed E-state index contributed by atoms with van der Waals surface area (Å²) < 4.78 is 61.2. The number of rotatable bonds is 3. The van der Waals surface area contributed by atoms with Crippen LogP contribution in [-0.2, 0) is 0 Å². The van der Waals surface area contributed by atoms with E-state index in [4.69, 9.17) is 0 Å². The molecule has 0 radical (unpaired) electrons. The van der Waals surface area contributed by atoms with E-state index in [9.17, 15) is 25.2 Å². The molecule has 0 fully saturated rings. The Morgan fingerprint density at radius 2 is 1.25 bits per heavy atom. The van der Waals surface area contributed by atoms with Gasteiger partial charge in [-0.3, -0.25) is 0 Å². The molecule has 0 aromatic carbocycles. The molecule has 2 nitrogen and oxygen atoms in total. The van der Waals surface area contributed by atoms with Crippen molar-refractivity contribution in [3.05, 3.63) is 23.4 Å². The molecule has 0 heterocycles. The van der Waals surface area contributed by atoms with Gasteiger partial charge in [0.25, 0.3) is 0 Å². The van der Waals surface area contributed by atoms with Crippen LogP contribution in [0.4, 0.5) is 25.2 Å². The van der Waals surface area contributed by atoms with Gasteiger partial charge in [0.2, 0.25) is 0 Å². The second kappa shape index (κ2) is 6.16. The summed E-state index contributed by atoms with van der Waals surface area (Å²) in [6, 6.07) is 0. The van der Waals surface area contributed by atoms with Gasteiger partial charge in [-0.1, -0.05) is 0 Å². The fourth-order valence-corrected chi connectivity index (χ4v) is 1.25. The summed E-state index contributed by atoms with van der Waals surface area (Å²) in [5.41, 5.74) is 2.53. The van der Waals surface area contributed by atoms with Crippen molar-refractivity contribution < 1.29 is 29.8 Å². The van der Waals surface area contributed by atoms with Crippen LogP contribution in [-0.4, -0.2) is 43.9 Å². The predicted octanol–water partition coefficient (Wildman–Crippen LogP) is 5.12. The van der Waals surface area contributed by atoms with Gasteiger partial charge in [-0.25, -0.2) is 4.58 Å². The Labute approximate surface area is 115 Å². The van der Waals surface area contributed by atoms with Crippen LogP contribution in [0.1, 0.15) is 13.8 Å². The van der Waals surface area contributed by atoms with E-state index in [1.807, 2.05) is 28.2 Å². The van der Waals surface area contributed by atoms with Crippen molar-refractivity contribution in [3.63, 3.8) is 0 Å². The van der Waals surface area contributed by atoms with Crippen molar-refractivity contribution in [2.75, 3.05) is 28.2 Å². The second-order valence-corrected chi connectivity index (χ2v) is 6.69. The van der Waals surface area contributed by atoms with Crippen LogP contribution in [0.5, 0.6) is 0 Å². The molecule has 0 saturated carbocycles. The molecule has 0 unspecified atom stereocenters. The molecule has 9 heteroatoms. The molecule has 0 bridgehead atoms. The van der Waals surface area contributed by atoms with Crippen LogP contribution in [0.25, 0.3) is 0 Å². The van der Waals surface area contributed by atoms with Crippen molar-refractivity contribution >= 4 is 14.0 Å². The number of nitrogens with zero attached hydrogens (tertiary/aromatic N) is 2. The van der Waals surface area contributed by atoms with Crippen molar-refractivity contribution in [2.45, 2.75) is 13.8 Å². The molecule has 0 aliphatic heterocycles. The van der Waals surface area contributed by atoms with E-state index in [-0.39, 0.29) is 0 Å². The molecule has 0 amide bonds. The number of hydrogen-bond donors (Lipinski definition) is 0. The third-order valence-electron chi connectivity index (χ3n) is 1.38. The average molecular weight is 326 g/mol. The molecule has 0 aromatic heterocycles. The summed E-state index contributed by atoms with van der Waals surface area (Å²) in [5.74, 6) is 0. The van der Waals surface area contributed by atoms with Gasteiger partial charge in [-0.05, 0) is 25.5 Å². The van der Waals surface area contributed by atoms with Gasteiger partial charge >= 0.3 is 33.0 Å². The monoisotopic (exact) mass is 326 g/mol. The first kappa shape index (κ1) is 21.3. The number of halogens is 6. The topological polar surface area (TPSA) is 6.25 Å². The zero-order valence-corrected chi connectivity index (χ0v) is 13.2. The molecule has 0 spiro atoms. The zero-order valence-electron chi connectivity index (χ0n) is 12.3. The Balaban J connectivity index is 0. The molecule has 0 N–H and O–H groups in total. The quantitative estimate of drug-likeness (QED) is 0.229. The Morgan fingerprint density at radius 3 is 1.50 bits per heavy atom. The van der Waals surface area contributed by atoms with E-state index in [0.29, 0.717) is 0 Å². The van der Waals surface area contributed by atoms with Gasteiger partial charge in [0.05, 0.1) is 0 Å². The summed E-state index contributed by atoms with van der Waals surface area (Å²) in [7, 11) is -2.54. The van der Waals surface area contributed by atoms with Crippen molar-refractivity contribution in [1.82, 2.24) is 4.90 Å². The van der Waals surface area contributed by atoms with E-state index in [0.717, 1.165) is 0 Å². The van der Waals surface area contributed by atoms with Gasteiger partial charge in [-0.15, -0.1) is 0 Å². The minimum absolute atomic E-state index is 1.26. The molecular weight excluding hydrogens is 305 g/mol. The summed E-state index contributed by atoms with van der Waals surface area (Å²) in [6.45, 7) is 4.21. The SMILES string of the molecule is C/C(C=[N+](C)C)=C\C(C)=C\N(C)C.F[P-](F)(F)(F)(F)F. The van der Waals surface area contributed by atoms with E-state index in [1.165, 1.54) is 11.1 Å². The van der Waals surface area contributed by atoms with Gasteiger partial charge in [-0.2, -0.15) is 0 Å². The number of allylic oxidation sites excluding steroid dienone is 3. The van der Waals surface area contributed by atoms with Crippen LogP contribution in [0.2, 0.25) is 0 Å². The summed E-state index contributed by atoms with van der Waals surface area (Å²) in [5, 5.41) is 0. The van der Waals surface area contributed by atoms with Crippen molar-refractivity contribution in [2.24, 2.45) is 0 Å². The average Bonchev–Trinajstić information content (AvgIpc) is 1.91. The molecule has 0 saturated heterocycles. The Hall–Kier alpha value is -1.04. The Bertz CT molecular complexity index is 401. The molecule has 0 aliphatic rings. The van der Waals surface area contributed by atoms with Crippen LogP contribution < -0.4 is 0 Å². The van der Waals surface area contributed by atoms with Gasteiger partial charge < -0.3 is 4.90 Å². The van der Waals surface area contributed by atoms with E-state index < -0.39 is 7.81 Å². The van der Waals surface area contributed by atoms with E-state index >= 15 is 0 Å². The van der Waals surface area contributed by atoms with Crippen LogP contribution in [0.15, 0.2) is 23.4 Å². The van der Waals surface area contributed by atoms with Crippen molar-refractivity contribution in [1.29, 1.82) is 0 Å². The van der Waals surface area contributed by atoms with Crippen LogP contribution in [0.3, 0.4) is 0 Å². The Morgan fingerprint density at radius 1 is 0.900 bits per heavy atom. The summed E-state index contributed by atoms with van der Waals surface area (Å²) in [6.07, 6.45) is 6.38. The third-order valence-corrected chi connectivity index (χ3v) is 1.38. The molecular formula is C11H21F6N2P. The fraction of sp³-hybridized carbons (Fsp3) is 0.545. The molecule has 0 aliphatic carbocycles. The van der Waals surface area contributed by atoms with Gasteiger partial charge in [0.15, 0.2) is 6.21 Å². The first-order valence-electron chi connectivity index (χ1n) is 5.47. The predicted molar refractivity (Wildman–Crippen MR) is 72.9 cm³/mol. The Kier molecular flexibility index (Phi) is 6.55. The molecule has 0 atom stereocenters. The third kappa shape index (κ3) is 36.0. The molecule has 0 aromatic rings. The first-order valence-corrected chi connectivity index (χ1v) is 7.50. The normalized spacial score (nSPS) is 16.4. The zero-order chi connectivity index (χ0) is 16.8. The number of hydrogen-bond acceptors (Lipinski definition) is 1. The first-order chi connectivity index (χ1) is 8.36. The molecule has 0 rings (SSSR count). The summed E-state index contributed by atoms with van der Waals surface area (Å²) in [4.78, 5) is 2.05. The van der Waals surface area contributed by atoms with Gasteiger partial charge in [0, 0.05) is 25.9 Å². The van der Waals surface area contributed by atoms with E-state index in [2.05, 4.69) is 41.8 Å². The van der Waals surface area contributed by atoms with Gasteiger partial charge in [0.1, 0.15) is 14.1 Å². The molecule has 122 valence electrons.